The Morgan fingerprint density at radius 2 is 0.613 bits per heavy atom. The summed E-state index contributed by atoms with van der Waals surface area (Å²) in [4.78, 5) is 0. The summed E-state index contributed by atoms with van der Waals surface area (Å²) in [6, 6.07) is 0. The Kier molecular flexibility index (Phi) is 28.4. The average Bonchev–Trinajstić information content (AvgIpc) is 2.78. The maximum absolute atomic E-state index is 8.74. The number of allylic oxidation sites excluding steroid dienone is 2. The van der Waals surface area contributed by atoms with Gasteiger partial charge in [-0.25, -0.2) is 0 Å². The summed E-state index contributed by atoms with van der Waals surface area (Å²) in [5.41, 5.74) is 0. The normalized spacial score (nSPS) is 11.8. The van der Waals surface area contributed by atoms with Crippen molar-refractivity contribution in [3.05, 3.63) is 24.7 Å². The number of unbranched alkanes of at least 4 members (excludes halogenated alkanes) is 20. The zero-order chi connectivity index (χ0) is 22.5. The van der Waals surface area contributed by atoms with Gasteiger partial charge in [0.25, 0.3) is 0 Å². The third-order valence-corrected chi connectivity index (χ3v) is 5.91. The molecule has 0 aromatic heterocycles. The molecule has 2 N–H and O–H groups in total. The minimum absolute atomic E-state index is 0.352. The lowest BCUT2D eigenvalue weighted by atomic mass is 10.1. The van der Waals surface area contributed by atoms with Crippen LogP contribution in [0.2, 0.25) is 0 Å². The summed E-state index contributed by atoms with van der Waals surface area (Å²) in [6.45, 7) is 0.704. The largest absolute Gasteiger partial charge is 0.473 e. The predicted octanol–water partition coefficient (Wildman–Crippen LogP) is 8.60. The molecule has 0 spiro atoms. The minimum atomic E-state index is 0.352. The van der Waals surface area contributed by atoms with Crippen molar-refractivity contribution < 1.29 is 14.9 Å². The van der Waals surface area contributed by atoms with E-state index in [2.05, 4.69) is 12.2 Å². The summed E-state index contributed by atoms with van der Waals surface area (Å²) < 4.78 is 5.44. The highest BCUT2D eigenvalue weighted by molar-refractivity contribution is 4.79. The van der Waals surface area contributed by atoms with Crippen LogP contribution in [0.3, 0.4) is 0 Å². The molecule has 0 aromatic rings. The summed E-state index contributed by atoms with van der Waals surface area (Å²) in [7, 11) is 0. The van der Waals surface area contributed by atoms with Crippen molar-refractivity contribution in [3.8, 4) is 0 Å². The zero-order valence-corrected chi connectivity index (χ0v) is 20.6. The van der Waals surface area contributed by atoms with Crippen molar-refractivity contribution in [1.29, 1.82) is 0 Å². The lowest BCUT2D eigenvalue weighted by Crippen LogP contribution is -1.84. The molecule has 0 saturated heterocycles. The molecule has 0 heterocycles. The van der Waals surface area contributed by atoms with Crippen molar-refractivity contribution in [2.24, 2.45) is 0 Å². The van der Waals surface area contributed by atoms with E-state index < -0.39 is 0 Å². The molecule has 0 aromatic carbocycles. The van der Waals surface area contributed by atoms with E-state index in [0.717, 1.165) is 25.7 Å². The van der Waals surface area contributed by atoms with Crippen LogP contribution in [0.5, 0.6) is 0 Å². The van der Waals surface area contributed by atoms with E-state index in [1.165, 1.54) is 116 Å². The molecule has 0 bridgehead atoms. The Balaban J connectivity index is 3.14. The van der Waals surface area contributed by atoms with Gasteiger partial charge < -0.3 is 14.9 Å². The van der Waals surface area contributed by atoms with Crippen LogP contribution in [0.1, 0.15) is 141 Å². The van der Waals surface area contributed by atoms with Crippen molar-refractivity contribution >= 4 is 0 Å². The van der Waals surface area contributed by atoms with Gasteiger partial charge in [-0.3, -0.25) is 0 Å². The minimum Gasteiger partial charge on any atom is -0.473 e. The Labute approximate surface area is 194 Å². The predicted molar refractivity (Wildman–Crippen MR) is 135 cm³/mol. The molecule has 0 aliphatic carbocycles. The first-order chi connectivity index (χ1) is 15.4. The highest BCUT2D eigenvalue weighted by Gasteiger charge is 1.93. The highest BCUT2D eigenvalue weighted by atomic mass is 16.5. The first-order valence-electron chi connectivity index (χ1n) is 13.6. The van der Waals surface area contributed by atoms with Gasteiger partial charge in [0.1, 0.15) is 0 Å². The average molecular weight is 439 g/mol. The first kappa shape index (κ1) is 30.2. The van der Waals surface area contributed by atoms with Crippen LogP contribution in [0, 0.1) is 0 Å². The van der Waals surface area contributed by atoms with Crippen LogP contribution >= 0.6 is 0 Å². The second kappa shape index (κ2) is 29.2. The number of hydrogen-bond acceptors (Lipinski definition) is 3. The number of aliphatic hydroxyl groups is 2. The van der Waals surface area contributed by atoms with E-state index in [1.54, 1.807) is 0 Å². The molecule has 3 nitrogen and oxygen atoms in total. The van der Waals surface area contributed by atoms with Crippen LogP contribution in [0.15, 0.2) is 24.7 Å². The van der Waals surface area contributed by atoms with E-state index in [0.29, 0.717) is 13.2 Å². The second-order valence-corrected chi connectivity index (χ2v) is 8.98. The first-order valence-corrected chi connectivity index (χ1v) is 13.6. The summed E-state index contributed by atoms with van der Waals surface area (Å²) >= 11 is 0. The summed E-state index contributed by atoms with van der Waals surface area (Å²) in [5, 5.41) is 17.5. The van der Waals surface area contributed by atoms with Crippen LogP contribution in [-0.2, 0) is 4.74 Å². The fraction of sp³-hybridized carbons (Fsp3) is 0.857. The van der Waals surface area contributed by atoms with E-state index in [1.807, 2.05) is 12.5 Å². The maximum Gasteiger partial charge on any atom is 0.0861 e. The summed E-state index contributed by atoms with van der Waals surface area (Å²) in [5.74, 6) is 0. The van der Waals surface area contributed by atoms with Gasteiger partial charge in [0.2, 0.25) is 0 Å². The molecule has 3 heteroatoms. The van der Waals surface area contributed by atoms with Gasteiger partial charge in [-0.2, -0.15) is 0 Å². The van der Waals surface area contributed by atoms with Gasteiger partial charge in [-0.05, 0) is 50.7 Å². The van der Waals surface area contributed by atoms with Gasteiger partial charge in [-0.1, -0.05) is 103 Å². The molecule has 0 unspecified atom stereocenters. The van der Waals surface area contributed by atoms with Gasteiger partial charge >= 0.3 is 0 Å². The second-order valence-electron chi connectivity index (χ2n) is 8.98. The van der Waals surface area contributed by atoms with E-state index >= 15 is 0 Å². The fourth-order valence-corrected chi connectivity index (χ4v) is 3.87. The molecule has 0 aliphatic rings. The molecule has 31 heavy (non-hydrogen) atoms. The molecule has 0 aliphatic heterocycles. The monoisotopic (exact) mass is 438 g/mol. The number of rotatable bonds is 26. The molecule has 0 amide bonds. The topological polar surface area (TPSA) is 49.7 Å². The molecule has 0 radical (unpaired) electrons. The van der Waals surface area contributed by atoms with Crippen LogP contribution in [-0.4, -0.2) is 23.4 Å². The molecular formula is C28H54O3. The fourth-order valence-electron chi connectivity index (χ4n) is 3.87. The van der Waals surface area contributed by atoms with Gasteiger partial charge in [0.15, 0.2) is 0 Å². The Bertz CT molecular complexity index is 331. The van der Waals surface area contributed by atoms with Crippen molar-refractivity contribution in [2.45, 2.75) is 141 Å². The standard InChI is InChI=1S/C28H54O3/c29-25-21-17-13-9-5-1-3-7-11-15-19-23-27-31-28-24-20-16-12-8-4-2-6-10-14-18-22-26-30/h23-24,27-30H,1-22,25-26H2. The van der Waals surface area contributed by atoms with Crippen LogP contribution < -0.4 is 0 Å². The third kappa shape index (κ3) is 29.2. The molecule has 184 valence electrons. The smallest absolute Gasteiger partial charge is 0.0861 e. The highest BCUT2D eigenvalue weighted by Crippen LogP contribution is 2.12. The van der Waals surface area contributed by atoms with E-state index in [9.17, 15) is 0 Å². The van der Waals surface area contributed by atoms with E-state index in [-0.39, 0.29) is 0 Å². The van der Waals surface area contributed by atoms with Crippen molar-refractivity contribution in [1.82, 2.24) is 0 Å². The van der Waals surface area contributed by atoms with Gasteiger partial charge in [-0.15, -0.1) is 0 Å². The van der Waals surface area contributed by atoms with Crippen LogP contribution in [0.4, 0.5) is 0 Å². The van der Waals surface area contributed by atoms with Gasteiger partial charge in [0, 0.05) is 13.2 Å². The zero-order valence-electron chi connectivity index (χ0n) is 20.6. The number of ether oxygens (including phenoxy) is 1. The molecule has 0 saturated carbocycles. The third-order valence-electron chi connectivity index (χ3n) is 5.91. The molecule has 0 rings (SSSR count). The van der Waals surface area contributed by atoms with E-state index in [4.69, 9.17) is 14.9 Å². The quantitative estimate of drug-likeness (QED) is 0.105. The molecular weight excluding hydrogens is 384 g/mol. The van der Waals surface area contributed by atoms with Crippen LogP contribution in [0.25, 0.3) is 0 Å². The SMILES string of the molecule is OCCCCCCCCCCCCC=COC=CCCCCCCCCCCCCO. The van der Waals surface area contributed by atoms with Gasteiger partial charge in [0.05, 0.1) is 12.5 Å². The Hall–Kier alpha value is -0.800. The lowest BCUT2D eigenvalue weighted by molar-refractivity contribution is 0.282. The summed E-state index contributed by atoms with van der Waals surface area (Å²) in [6.07, 6.45) is 35.9. The molecule has 0 fully saturated rings. The number of aliphatic hydroxyl groups excluding tert-OH is 2. The molecule has 0 atom stereocenters. The van der Waals surface area contributed by atoms with Crippen molar-refractivity contribution in [2.75, 3.05) is 13.2 Å². The Morgan fingerprint density at radius 1 is 0.355 bits per heavy atom. The number of hydrogen-bond donors (Lipinski definition) is 2. The van der Waals surface area contributed by atoms with Crippen molar-refractivity contribution in [3.63, 3.8) is 0 Å². The Morgan fingerprint density at radius 3 is 0.903 bits per heavy atom. The lowest BCUT2D eigenvalue weighted by Gasteiger charge is -2.01. The maximum atomic E-state index is 8.74.